The summed E-state index contributed by atoms with van der Waals surface area (Å²) in [5, 5.41) is 7.91. The van der Waals surface area contributed by atoms with E-state index in [9.17, 15) is 9.59 Å². The van der Waals surface area contributed by atoms with Gasteiger partial charge >= 0.3 is 0 Å². The third kappa shape index (κ3) is 5.49. The Morgan fingerprint density at radius 3 is 2.48 bits per heavy atom. The second-order valence-corrected chi connectivity index (χ2v) is 11.1. The maximum absolute atomic E-state index is 13.8. The van der Waals surface area contributed by atoms with E-state index in [0.29, 0.717) is 5.82 Å². The predicted molar refractivity (Wildman–Crippen MR) is 161 cm³/mol. The van der Waals surface area contributed by atoms with Gasteiger partial charge in [0.2, 0.25) is 11.8 Å². The zero-order valence-electron chi connectivity index (χ0n) is 23.3. The highest BCUT2D eigenvalue weighted by molar-refractivity contribution is 8.00. The lowest BCUT2D eigenvalue weighted by molar-refractivity contribution is -0.123. The first-order chi connectivity index (χ1) is 19.4. The maximum atomic E-state index is 13.8. The molecule has 1 aliphatic heterocycles. The number of nitrogens with zero attached hydrogens (tertiary/aromatic N) is 3. The van der Waals surface area contributed by atoms with E-state index in [1.165, 1.54) is 11.8 Å². The Balaban J connectivity index is 1.79. The molecule has 40 heavy (non-hydrogen) atoms. The van der Waals surface area contributed by atoms with E-state index in [-0.39, 0.29) is 35.4 Å². The molecule has 0 bridgehead atoms. The number of aromatic nitrogens is 2. The van der Waals surface area contributed by atoms with E-state index in [0.717, 1.165) is 45.8 Å². The summed E-state index contributed by atoms with van der Waals surface area (Å²) in [6.45, 7) is 5.92. The lowest BCUT2D eigenvalue weighted by Gasteiger charge is -2.24. The van der Waals surface area contributed by atoms with Crippen molar-refractivity contribution in [2.45, 2.75) is 38.5 Å². The van der Waals surface area contributed by atoms with Crippen LogP contribution in [0.25, 0.3) is 16.9 Å². The molecule has 2 amide bonds. The molecule has 0 radical (unpaired) electrons. The molecule has 1 N–H and O–H groups in total. The number of amides is 2. The SMILES string of the molecule is CC[C@@H](C)NC(=O)CN1C(=O)CS[C@H](c2ccccc2OC)c2c(-c3ccccc3)nn(-c3ccc(C)cc3)c21. The molecule has 3 aromatic carbocycles. The number of carbonyl (C=O) groups excluding carboxylic acids is 2. The standard InChI is InChI=1S/C32H34N4O3S/c1-5-22(3)33-27(37)19-35-28(38)20-40-31(25-13-9-10-14-26(25)39-4)29-30(23-11-7-6-8-12-23)34-36(32(29)35)24-17-15-21(2)16-18-24/h6-18,22,31H,5,19-20H2,1-4H3,(H,33,37)/t22-,31-/m1/s1. The minimum Gasteiger partial charge on any atom is -0.496 e. The van der Waals surface area contributed by atoms with Gasteiger partial charge in [0, 0.05) is 22.7 Å². The summed E-state index contributed by atoms with van der Waals surface area (Å²) in [6.07, 6.45) is 0.802. The number of hydrogen-bond donors (Lipinski definition) is 1. The molecule has 8 heteroatoms. The largest absolute Gasteiger partial charge is 0.496 e. The summed E-state index contributed by atoms with van der Waals surface area (Å²) in [6, 6.07) is 25.9. The van der Waals surface area contributed by atoms with E-state index in [1.807, 2.05) is 104 Å². The molecule has 4 aromatic rings. The van der Waals surface area contributed by atoms with E-state index < -0.39 is 0 Å². The summed E-state index contributed by atoms with van der Waals surface area (Å²) < 4.78 is 7.60. The maximum Gasteiger partial charge on any atom is 0.240 e. The lowest BCUT2D eigenvalue weighted by atomic mass is 9.99. The normalized spacial score (nSPS) is 15.8. The molecular weight excluding hydrogens is 520 g/mol. The number of para-hydroxylation sites is 1. The Kier molecular flexibility index (Phi) is 8.26. The number of thioether (sulfide) groups is 1. The number of benzene rings is 3. The summed E-state index contributed by atoms with van der Waals surface area (Å²) in [4.78, 5) is 28.6. The van der Waals surface area contributed by atoms with Crippen LogP contribution in [0.3, 0.4) is 0 Å². The van der Waals surface area contributed by atoms with Gasteiger partial charge in [0.05, 0.1) is 29.5 Å². The van der Waals surface area contributed by atoms with Gasteiger partial charge < -0.3 is 10.1 Å². The Morgan fingerprint density at radius 2 is 1.77 bits per heavy atom. The quantitative estimate of drug-likeness (QED) is 0.292. The number of aryl methyl sites for hydroxylation is 1. The van der Waals surface area contributed by atoms with Gasteiger partial charge in [-0.1, -0.05) is 73.2 Å². The summed E-state index contributed by atoms with van der Waals surface area (Å²) >= 11 is 1.53. The number of methoxy groups -OCH3 is 1. The molecule has 2 heterocycles. The van der Waals surface area contributed by atoms with Crippen molar-refractivity contribution in [3.8, 4) is 22.7 Å². The first-order valence-electron chi connectivity index (χ1n) is 13.5. The highest BCUT2D eigenvalue weighted by Crippen LogP contribution is 2.50. The predicted octanol–water partition coefficient (Wildman–Crippen LogP) is 5.94. The molecular formula is C32H34N4O3S. The molecule has 206 valence electrons. The van der Waals surface area contributed by atoms with E-state index in [1.54, 1.807) is 12.0 Å². The van der Waals surface area contributed by atoms with Gasteiger partial charge in [-0.05, 0) is 38.5 Å². The van der Waals surface area contributed by atoms with Crippen LogP contribution in [0.1, 0.15) is 42.2 Å². The molecule has 0 spiro atoms. The molecule has 0 saturated heterocycles. The summed E-state index contributed by atoms with van der Waals surface area (Å²) in [7, 11) is 1.66. The number of fused-ring (bicyclic) bond motifs is 1. The zero-order valence-corrected chi connectivity index (χ0v) is 24.1. The van der Waals surface area contributed by atoms with Crippen molar-refractivity contribution >= 4 is 29.4 Å². The Morgan fingerprint density at radius 1 is 1.07 bits per heavy atom. The number of anilines is 1. The van der Waals surface area contributed by atoms with Crippen molar-refractivity contribution in [3.05, 3.63) is 95.6 Å². The van der Waals surface area contributed by atoms with Crippen LogP contribution in [0.4, 0.5) is 5.82 Å². The molecule has 0 fully saturated rings. The fourth-order valence-corrected chi connectivity index (χ4v) is 6.11. The Hall–Kier alpha value is -4.04. The van der Waals surface area contributed by atoms with E-state index in [4.69, 9.17) is 9.84 Å². The van der Waals surface area contributed by atoms with Crippen LogP contribution in [0.15, 0.2) is 78.9 Å². The molecule has 7 nitrogen and oxygen atoms in total. The van der Waals surface area contributed by atoms with Crippen LogP contribution in [0, 0.1) is 6.92 Å². The smallest absolute Gasteiger partial charge is 0.240 e. The van der Waals surface area contributed by atoms with Gasteiger partial charge in [-0.25, -0.2) is 4.68 Å². The second kappa shape index (κ2) is 12.0. The van der Waals surface area contributed by atoms with Crippen LogP contribution in [0.2, 0.25) is 0 Å². The van der Waals surface area contributed by atoms with Gasteiger partial charge in [0.25, 0.3) is 0 Å². The van der Waals surface area contributed by atoms with E-state index >= 15 is 0 Å². The van der Waals surface area contributed by atoms with Crippen molar-refractivity contribution in [3.63, 3.8) is 0 Å². The fourth-order valence-electron chi connectivity index (χ4n) is 4.89. The number of nitrogens with one attached hydrogen (secondary N) is 1. The topological polar surface area (TPSA) is 76.5 Å². The molecule has 0 aliphatic carbocycles. The first-order valence-corrected chi connectivity index (χ1v) is 14.6. The highest BCUT2D eigenvalue weighted by Gasteiger charge is 2.38. The van der Waals surface area contributed by atoms with Crippen LogP contribution in [-0.4, -0.2) is 47.0 Å². The van der Waals surface area contributed by atoms with Gasteiger partial charge in [0.1, 0.15) is 18.1 Å². The van der Waals surface area contributed by atoms with Crippen LogP contribution < -0.4 is 15.0 Å². The van der Waals surface area contributed by atoms with Crippen LogP contribution >= 0.6 is 11.8 Å². The number of ether oxygens (including phenoxy) is 1. The number of carbonyl (C=O) groups is 2. The molecule has 0 saturated carbocycles. The average Bonchev–Trinajstić information content (AvgIpc) is 3.30. The molecule has 1 aliphatic rings. The van der Waals surface area contributed by atoms with Gasteiger partial charge in [-0.3, -0.25) is 14.5 Å². The molecule has 2 atom stereocenters. The number of hydrogen-bond acceptors (Lipinski definition) is 5. The number of rotatable bonds is 8. The van der Waals surface area contributed by atoms with Gasteiger partial charge in [0.15, 0.2) is 0 Å². The highest BCUT2D eigenvalue weighted by atomic mass is 32.2. The van der Waals surface area contributed by atoms with Crippen molar-refractivity contribution < 1.29 is 14.3 Å². The fraction of sp³-hybridized carbons (Fsp3) is 0.281. The third-order valence-electron chi connectivity index (χ3n) is 7.16. The summed E-state index contributed by atoms with van der Waals surface area (Å²) in [5.74, 6) is 1.20. The van der Waals surface area contributed by atoms with Crippen molar-refractivity contribution in [1.82, 2.24) is 15.1 Å². The van der Waals surface area contributed by atoms with E-state index in [2.05, 4.69) is 5.32 Å². The second-order valence-electron chi connectivity index (χ2n) is 9.99. The van der Waals surface area contributed by atoms with Crippen LogP contribution in [0.5, 0.6) is 5.75 Å². The minimum atomic E-state index is -0.257. The van der Waals surface area contributed by atoms with Gasteiger partial charge in [-0.2, -0.15) is 5.10 Å². The lowest BCUT2D eigenvalue weighted by Crippen LogP contribution is -2.44. The monoisotopic (exact) mass is 554 g/mol. The zero-order chi connectivity index (χ0) is 28.2. The Labute approximate surface area is 239 Å². The summed E-state index contributed by atoms with van der Waals surface area (Å²) in [5.41, 5.74) is 5.47. The van der Waals surface area contributed by atoms with Crippen molar-refractivity contribution in [1.29, 1.82) is 0 Å². The van der Waals surface area contributed by atoms with Crippen molar-refractivity contribution in [2.75, 3.05) is 24.3 Å². The Bertz CT molecular complexity index is 1500. The molecule has 1 aromatic heterocycles. The average molecular weight is 555 g/mol. The van der Waals surface area contributed by atoms with Crippen LogP contribution in [-0.2, 0) is 9.59 Å². The first kappa shape index (κ1) is 27.5. The molecule has 0 unspecified atom stereocenters. The molecule has 5 rings (SSSR count). The van der Waals surface area contributed by atoms with Crippen molar-refractivity contribution in [2.24, 2.45) is 0 Å². The third-order valence-corrected chi connectivity index (χ3v) is 8.39. The van der Waals surface area contributed by atoms with Gasteiger partial charge in [-0.15, -0.1) is 11.8 Å². The minimum absolute atomic E-state index is 0.00615.